The summed E-state index contributed by atoms with van der Waals surface area (Å²) in [6.07, 6.45) is 5.94. The molecule has 24 heavy (non-hydrogen) atoms. The van der Waals surface area contributed by atoms with Crippen molar-refractivity contribution in [1.82, 2.24) is 10.6 Å². The number of carbonyl (C=O) groups is 1. The summed E-state index contributed by atoms with van der Waals surface area (Å²) in [6.45, 7) is 2.77. The maximum absolute atomic E-state index is 12.1. The van der Waals surface area contributed by atoms with E-state index in [1.807, 2.05) is 31.2 Å². The van der Waals surface area contributed by atoms with E-state index >= 15 is 0 Å². The molecule has 1 aliphatic carbocycles. The molecule has 1 aromatic rings. The highest BCUT2D eigenvalue weighted by molar-refractivity contribution is 5.78. The lowest BCUT2D eigenvalue weighted by Gasteiger charge is -2.39. The highest BCUT2D eigenvalue weighted by atomic mass is 16.5. The molecule has 0 radical (unpaired) electrons. The summed E-state index contributed by atoms with van der Waals surface area (Å²) in [5.74, 6) is 1.15. The summed E-state index contributed by atoms with van der Waals surface area (Å²) in [6, 6.07) is 7.65. The normalized spacial score (nSPS) is 18.0. The van der Waals surface area contributed by atoms with Gasteiger partial charge >= 0.3 is 0 Å². The first-order chi connectivity index (χ1) is 11.6. The molecule has 5 nitrogen and oxygen atoms in total. The van der Waals surface area contributed by atoms with Crippen LogP contribution in [0.5, 0.6) is 5.75 Å². The van der Waals surface area contributed by atoms with Crippen molar-refractivity contribution in [1.29, 1.82) is 0 Å². The van der Waals surface area contributed by atoms with Crippen LogP contribution in [-0.2, 0) is 11.3 Å². The third-order valence-corrected chi connectivity index (χ3v) is 5.11. The predicted molar refractivity (Wildman–Crippen MR) is 94.9 cm³/mol. The number of benzene rings is 1. The molecule has 1 saturated carbocycles. The topological polar surface area (TPSA) is 70.6 Å². The lowest BCUT2D eigenvalue weighted by atomic mass is 9.76. The number of aliphatic hydroxyl groups excluding tert-OH is 1. The van der Waals surface area contributed by atoms with Gasteiger partial charge in [0.25, 0.3) is 0 Å². The molecule has 0 bridgehead atoms. The van der Waals surface area contributed by atoms with Gasteiger partial charge in [-0.15, -0.1) is 0 Å². The number of rotatable bonds is 8. The Bertz CT molecular complexity index is 529. The van der Waals surface area contributed by atoms with E-state index in [2.05, 4.69) is 10.6 Å². The van der Waals surface area contributed by atoms with Gasteiger partial charge in [-0.05, 0) is 43.4 Å². The first-order valence-electron chi connectivity index (χ1n) is 8.83. The molecule has 5 heteroatoms. The second kappa shape index (κ2) is 9.04. The fourth-order valence-electron chi connectivity index (χ4n) is 3.40. The highest BCUT2D eigenvalue weighted by Gasteiger charge is 2.34. The smallest absolute Gasteiger partial charge is 0.234 e. The minimum absolute atomic E-state index is 0.0564. The third kappa shape index (κ3) is 5.21. The zero-order valence-electron chi connectivity index (χ0n) is 14.8. The fourth-order valence-corrected chi connectivity index (χ4v) is 3.40. The zero-order chi connectivity index (χ0) is 17.4. The zero-order valence-corrected chi connectivity index (χ0v) is 14.8. The molecule has 1 atom stereocenters. The fraction of sp³-hybridized carbons (Fsp3) is 0.632. The number of hydrogen-bond acceptors (Lipinski definition) is 4. The number of aliphatic hydroxyl groups is 1. The van der Waals surface area contributed by atoms with E-state index in [0.29, 0.717) is 12.5 Å². The Labute approximate surface area is 144 Å². The average Bonchev–Trinajstić information content (AvgIpc) is 2.65. The van der Waals surface area contributed by atoms with Crippen LogP contribution < -0.4 is 15.4 Å². The molecule has 1 aliphatic rings. The summed E-state index contributed by atoms with van der Waals surface area (Å²) in [5, 5.41) is 16.0. The van der Waals surface area contributed by atoms with Gasteiger partial charge in [-0.25, -0.2) is 0 Å². The first kappa shape index (κ1) is 18.7. The van der Waals surface area contributed by atoms with Crippen molar-refractivity contribution >= 4 is 5.91 Å². The first-order valence-corrected chi connectivity index (χ1v) is 8.83. The van der Waals surface area contributed by atoms with Crippen LogP contribution in [0.25, 0.3) is 0 Å². The van der Waals surface area contributed by atoms with Crippen molar-refractivity contribution in [3.8, 4) is 5.75 Å². The van der Waals surface area contributed by atoms with Gasteiger partial charge < -0.3 is 20.5 Å². The summed E-state index contributed by atoms with van der Waals surface area (Å²) >= 11 is 0. The molecule has 2 rings (SSSR count). The van der Waals surface area contributed by atoms with E-state index in [4.69, 9.17) is 4.74 Å². The standard InChI is InChI=1S/C19H30N2O3/c1-19(14-22,16-8-4-3-5-9-16)21-13-18(23)20-12-15-7-6-10-17(11-15)24-2/h6-7,10-11,16,21-22H,3-5,8-9,12-14H2,1-2H3,(H,20,23)/t19-/m0/s1. The number of carbonyl (C=O) groups excluding carboxylic acids is 1. The van der Waals surface area contributed by atoms with Gasteiger partial charge in [-0.2, -0.15) is 0 Å². The Morgan fingerprint density at radius 1 is 1.33 bits per heavy atom. The molecule has 0 aliphatic heterocycles. The van der Waals surface area contributed by atoms with Crippen LogP contribution in [0, 0.1) is 5.92 Å². The number of amides is 1. The van der Waals surface area contributed by atoms with Gasteiger partial charge in [0.2, 0.25) is 5.91 Å². The van der Waals surface area contributed by atoms with Gasteiger partial charge in [-0.3, -0.25) is 4.79 Å². The second-order valence-electron chi connectivity index (χ2n) is 6.89. The van der Waals surface area contributed by atoms with Crippen LogP contribution in [0.2, 0.25) is 0 Å². The van der Waals surface area contributed by atoms with Crippen molar-refractivity contribution in [3.05, 3.63) is 29.8 Å². The monoisotopic (exact) mass is 334 g/mol. The lowest BCUT2D eigenvalue weighted by molar-refractivity contribution is -0.121. The molecule has 0 unspecified atom stereocenters. The number of methoxy groups -OCH3 is 1. The van der Waals surface area contributed by atoms with Gasteiger partial charge in [0.1, 0.15) is 5.75 Å². The maximum Gasteiger partial charge on any atom is 0.234 e. The third-order valence-electron chi connectivity index (χ3n) is 5.11. The number of ether oxygens (including phenoxy) is 1. The molecule has 134 valence electrons. The Morgan fingerprint density at radius 3 is 2.75 bits per heavy atom. The largest absolute Gasteiger partial charge is 0.497 e. The van der Waals surface area contributed by atoms with Crippen LogP contribution in [0.1, 0.15) is 44.6 Å². The molecule has 1 aromatic carbocycles. The molecular weight excluding hydrogens is 304 g/mol. The SMILES string of the molecule is COc1cccc(CNC(=O)CN[C@@](C)(CO)C2CCCCC2)c1. The summed E-state index contributed by atoms with van der Waals surface area (Å²) in [7, 11) is 1.63. The molecule has 0 heterocycles. The predicted octanol–water partition coefficient (Wildman–Crippen LogP) is 2.23. The lowest BCUT2D eigenvalue weighted by Crippen LogP contribution is -2.55. The summed E-state index contributed by atoms with van der Waals surface area (Å²) in [5.41, 5.74) is 0.619. The average molecular weight is 334 g/mol. The Balaban J connectivity index is 1.80. The molecule has 0 saturated heterocycles. The minimum atomic E-state index is -0.381. The number of hydrogen-bond donors (Lipinski definition) is 3. The molecule has 0 aromatic heterocycles. The van der Waals surface area contributed by atoms with Crippen molar-refractivity contribution in [2.75, 3.05) is 20.3 Å². The molecule has 3 N–H and O–H groups in total. The van der Waals surface area contributed by atoms with E-state index < -0.39 is 0 Å². The van der Waals surface area contributed by atoms with Gasteiger partial charge in [0.15, 0.2) is 0 Å². The van der Waals surface area contributed by atoms with Crippen molar-refractivity contribution in [2.45, 2.75) is 51.1 Å². The van der Waals surface area contributed by atoms with E-state index in [1.165, 1.54) is 19.3 Å². The van der Waals surface area contributed by atoms with Crippen LogP contribution in [0.3, 0.4) is 0 Å². The van der Waals surface area contributed by atoms with Gasteiger partial charge in [0.05, 0.1) is 20.3 Å². The Morgan fingerprint density at radius 2 is 2.08 bits per heavy atom. The second-order valence-corrected chi connectivity index (χ2v) is 6.89. The minimum Gasteiger partial charge on any atom is -0.497 e. The van der Waals surface area contributed by atoms with E-state index in [1.54, 1.807) is 7.11 Å². The van der Waals surface area contributed by atoms with Crippen molar-refractivity contribution in [3.63, 3.8) is 0 Å². The van der Waals surface area contributed by atoms with Crippen molar-refractivity contribution in [2.24, 2.45) is 5.92 Å². The van der Waals surface area contributed by atoms with Gasteiger partial charge in [-0.1, -0.05) is 31.4 Å². The van der Waals surface area contributed by atoms with E-state index in [9.17, 15) is 9.90 Å². The van der Waals surface area contributed by atoms with Crippen LogP contribution >= 0.6 is 0 Å². The van der Waals surface area contributed by atoms with Crippen LogP contribution in [0.4, 0.5) is 0 Å². The summed E-state index contributed by atoms with van der Waals surface area (Å²) < 4.78 is 5.18. The molecular formula is C19H30N2O3. The van der Waals surface area contributed by atoms with Crippen LogP contribution in [-0.4, -0.2) is 36.8 Å². The molecule has 0 spiro atoms. The van der Waals surface area contributed by atoms with Crippen LogP contribution in [0.15, 0.2) is 24.3 Å². The number of nitrogens with one attached hydrogen (secondary N) is 2. The van der Waals surface area contributed by atoms with E-state index in [0.717, 1.165) is 24.2 Å². The Kier molecular flexibility index (Phi) is 7.06. The molecule has 1 amide bonds. The van der Waals surface area contributed by atoms with E-state index in [-0.39, 0.29) is 24.6 Å². The molecule has 1 fully saturated rings. The highest BCUT2D eigenvalue weighted by Crippen LogP contribution is 2.32. The van der Waals surface area contributed by atoms with Gasteiger partial charge in [0, 0.05) is 12.1 Å². The quantitative estimate of drug-likeness (QED) is 0.682. The Hall–Kier alpha value is -1.59. The maximum atomic E-state index is 12.1. The summed E-state index contributed by atoms with van der Waals surface area (Å²) in [4.78, 5) is 12.1. The van der Waals surface area contributed by atoms with Crippen molar-refractivity contribution < 1.29 is 14.6 Å².